The maximum atomic E-state index is 12.5. The summed E-state index contributed by atoms with van der Waals surface area (Å²) in [6.45, 7) is 10.2. The Morgan fingerprint density at radius 1 is 1.17 bits per heavy atom. The summed E-state index contributed by atoms with van der Waals surface area (Å²) in [7, 11) is 1.51. The monoisotopic (exact) mass is 315 g/mol. The first-order valence-electron chi connectivity index (χ1n) is 8.36. The molecule has 2 fully saturated rings. The Balaban J connectivity index is 1.81. The maximum absolute atomic E-state index is 12.5. The highest BCUT2D eigenvalue weighted by atomic mass is 16.7. The second kappa shape index (κ2) is 5.35. The van der Waals surface area contributed by atoms with E-state index in [0.717, 1.165) is 29.4 Å². The van der Waals surface area contributed by atoms with Crippen LogP contribution >= 0.6 is 0 Å². The van der Waals surface area contributed by atoms with Gasteiger partial charge in [-0.3, -0.25) is 4.79 Å². The molecule has 2 aliphatic rings. The van der Waals surface area contributed by atoms with E-state index in [-0.39, 0.29) is 24.2 Å². The molecule has 23 heavy (non-hydrogen) atoms. The molecule has 1 saturated heterocycles. The van der Waals surface area contributed by atoms with Gasteiger partial charge in [-0.2, -0.15) is 0 Å². The summed E-state index contributed by atoms with van der Waals surface area (Å²) in [5.41, 5.74) is 1.99. The minimum atomic E-state index is -0.385. The standard InChI is InChI=1S/C18H26BNO3/c1-12-11-13(19-22-17(2,3)18(4,5)23-19)7-10-15(12)16(21)20(6)14-8-9-14/h7,10-11,14H,8-9H2,1-6H3. The van der Waals surface area contributed by atoms with Crippen LogP contribution in [0.4, 0.5) is 0 Å². The van der Waals surface area contributed by atoms with Crippen molar-refractivity contribution in [1.82, 2.24) is 4.90 Å². The molecule has 3 rings (SSSR count). The fourth-order valence-corrected chi connectivity index (χ4v) is 2.87. The van der Waals surface area contributed by atoms with Crippen LogP contribution in [-0.4, -0.2) is 42.2 Å². The lowest BCUT2D eigenvalue weighted by Crippen LogP contribution is -2.41. The summed E-state index contributed by atoms with van der Waals surface area (Å²) in [6, 6.07) is 6.28. The second-order valence-corrected chi connectivity index (χ2v) is 7.81. The lowest BCUT2D eigenvalue weighted by molar-refractivity contribution is 0.00578. The number of aryl methyl sites for hydroxylation is 1. The number of hydrogen-bond donors (Lipinski definition) is 0. The van der Waals surface area contributed by atoms with Crippen LogP contribution in [0.25, 0.3) is 0 Å². The topological polar surface area (TPSA) is 38.8 Å². The average molecular weight is 315 g/mol. The van der Waals surface area contributed by atoms with E-state index in [1.54, 1.807) is 0 Å². The van der Waals surface area contributed by atoms with Gasteiger partial charge in [0.25, 0.3) is 5.91 Å². The zero-order valence-corrected chi connectivity index (χ0v) is 15.0. The number of carbonyl (C=O) groups is 1. The molecule has 1 aliphatic heterocycles. The van der Waals surface area contributed by atoms with Crippen molar-refractivity contribution in [1.29, 1.82) is 0 Å². The molecule has 1 aromatic carbocycles. The van der Waals surface area contributed by atoms with Crippen molar-refractivity contribution < 1.29 is 14.1 Å². The summed E-state index contributed by atoms with van der Waals surface area (Å²) < 4.78 is 12.2. The van der Waals surface area contributed by atoms with Crippen LogP contribution in [-0.2, 0) is 9.31 Å². The van der Waals surface area contributed by atoms with E-state index in [1.807, 2.05) is 64.8 Å². The molecule has 1 heterocycles. The van der Waals surface area contributed by atoms with Crippen LogP contribution in [0.1, 0.15) is 56.5 Å². The Kier molecular flexibility index (Phi) is 3.85. The highest BCUT2D eigenvalue weighted by Crippen LogP contribution is 2.36. The van der Waals surface area contributed by atoms with Gasteiger partial charge >= 0.3 is 7.12 Å². The highest BCUT2D eigenvalue weighted by molar-refractivity contribution is 6.62. The van der Waals surface area contributed by atoms with E-state index in [2.05, 4.69) is 0 Å². The summed E-state index contributed by atoms with van der Waals surface area (Å²) in [4.78, 5) is 14.4. The molecule has 0 radical (unpaired) electrons. The van der Waals surface area contributed by atoms with Gasteiger partial charge in [-0.1, -0.05) is 12.1 Å². The minimum Gasteiger partial charge on any atom is -0.399 e. The first-order chi connectivity index (χ1) is 10.6. The molecule has 0 aromatic heterocycles. The average Bonchev–Trinajstić information content (AvgIpc) is 3.25. The van der Waals surface area contributed by atoms with Gasteiger partial charge in [0.2, 0.25) is 0 Å². The molecule has 0 unspecified atom stereocenters. The predicted molar refractivity (Wildman–Crippen MR) is 92.0 cm³/mol. The van der Waals surface area contributed by atoms with Crippen LogP contribution in [0.2, 0.25) is 0 Å². The molecule has 1 aromatic rings. The van der Waals surface area contributed by atoms with Crippen LogP contribution in [0.3, 0.4) is 0 Å². The largest absolute Gasteiger partial charge is 0.494 e. The van der Waals surface area contributed by atoms with Crippen LogP contribution in [0.5, 0.6) is 0 Å². The fourth-order valence-electron chi connectivity index (χ4n) is 2.87. The van der Waals surface area contributed by atoms with Crippen LogP contribution < -0.4 is 5.46 Å². The molecule has 5 heteroatoms. The fraction of sp³-hybridized carbons (Fsp3) is 0.611. The molecule has 1 saturated carbocycles. The third kappa shape index (κ3) is 2.92. The summed E-state index contributed by atoms with van der Waals surface area (Å²) in [5.74, 6) is 0.102. The van der Waals surface area contributed by atoms with Gasteiger partial charge in [-0.05, 0) is 64.6 Å². The lowest BCUT2D eigenvalue weighted by atomic mass is 9.78. The van der Waals surface area contributed by atoms with Crippen molar-refractivity contribution >= 4 is 18.5 Å². The van der Waals surface area contributed by atoms with Crippen molar-refractivity contribution in [3.63, 3.8) is 0 Å². The summed E-state index contributed by atoms with van der Waals surface area (Å²) >= 11 is 0. The van der Waals surface area contributed by atoms with E-state index in [9.17, 15) is 4.79 Å². The SMILES string of the molecule is Cc1cc(B2OC(C)(C)C(C)(C)O2)ccc1C(=O)N(C)C1CC1. The van der Waals surface area contributed by atoms with E-state index in [1.165, 1.54) is 0 Å². The van der Waals surface area contributed by atoms with Crippen LogP contribution in [0, 0.1) is 6.92 Å². The Hall–Kier alpha value is -1.33. The Labute approximate surface area is 139 Å². The Morgan fingerprint density at radius 3 is 2.22 bits per heavy atom. The molecule has 0 N–H and O–H groups in total. The highest BCUT2D eigenvalue weighted by Gasteiger charge is 2.51. The van der Waals surface area contributed by atoms with Crippen molar-refractivity contribution in [3.05, 3.63) is 29.3 Å². The normalized spacial score (nSPS) is 22.3. The Bertz CT molecular complexity index is 621. The van der Waals surface area contributed by atoms with Crippen molar-refractivity contribution in [3.8, 4) is 0 Å². The molecule has 1 aliphatic carbocycles. The maximum Gasteiger partial charge on any atom is 0.494 e. The second-order valence-electron chi connectivity index (χ2n) is 7.81. The van der Waals surface area contributed by atoms with E-state index in [4.69, 9.17) is 9.31 Å². The third-order valence-electron chi connectivity index (χ3n) is 5.42. The van der Waals surface area contributed by atoms with E-state index >= 15 is 0 Å². The van der Waals surface area contributed by atoms with Crippen molar-refractivity contribution in [2.45, 2.75) is 64.7 Å². The number of rotatable bonds is 3. The van der Waals surface area contributed by atoms with Gasteiger partial charge in [-0.25, -0.2) is 0 Å². The molecule has 4 nitrogen and oxygen atoms in total. The predicted octanol–water partition coefficient (Wildman–Crippen LogP) is 2.53. The van der Waals surface area contributed by atoms with Gasteiger partial charge < -0.3 is 14.2 Å². The van der Waals surface area contributed by atoms with Crippen LogP contribution in [0.15, 0.2) is 18.2 Å². The smallest absolute Gasteiger partial charge is 0.399 e. The van der Waals surface area contributed by atoms with E-state index in [0.29, 0.717) is 6.04 Å². The zero-order valence-electron chi connectivity index (χ0n) is 15.0. The molecule has 1 amide bonds. The van der Waals surface area contributed by atoms with E-state index < -0.39 is 0 Å². The molecule has 0 spiro atoms. The molecule has 124 valence electrons. The number of nitrogens with zero attached hydrogens (tertiary/aromatic N) is 1. The quantitative estimate of drug-likeness (QED) is 0.805. The molecule has 0 bridgehead atoms. The van der Waals surface area contributed by atoms with Gasteiger partial charge in [0, 0.05) is 18.7 Å². The van der Waals surface area contributed by atoms with Crippen molar-refractivity contribution in [2.24, 2.45) is 0 Å². The van der Waals surface area contributed by atoms with Gasteiger partial charge in [0.05, 0.1) is 11.2 Å². The number of hydrogen-bond acceptors (Lipinski definition) is 3. The zero-order chi connectivity index (χ0) is 17.0. The first kappa shape index (κ1) is 16.5. The minimum absolute atomic E-state index is 0.102. The first-order valence-corrected chi connectivity index (χ1v) is 8.36. The van der Waals surface area contributed by atoms with Gasteiger partial charge in [0.15, 0.2) is 0 Å². The number of amides is 1. The van der Waals surface area contributed by atoms with Gasteiger partial charge in [0.1, 0.15) is 0 Å². The molecular weight excluding hydrogens is 289 g/mol. The summed E-state index contributed by atoms with van der Waals surface area (Å²) in [6.07, 6.45) is 2.24. The molecule has 0 atom stereocenters. The number of benzene rings is 1. The summed E-state index contributed by atoms with van der Waals surface area (Å²) in [5, 5.41) is 0. The molecular formula is C18H26BNO3. The number of carbonyl (C=O) groups excluding carboxylic acids is 1. The Morgan fingerprint density at radius 2 is 1.74 bits per heavy atom. The lowest BCUT2D eigenvalue weighted by Gasteiger charge is -2.32. The van der Waals surface area contributed by atoms with Gasteiger partial charge in [-0.15, -0.1) is 0 Å². The third-order valence-corrected chi connectivity index (χ3v) is 5.42. The van der Waals surface area contributed by atoms with Crippen molar-refractivity contribution in [2.75, 3.05) is 7.05 Å².